The first kappa shape index (κ1) is 64.7. The fourth-order valence-corrected chi connectivity index (χ4v) is 13.0. The minimum absolute atomic E-state index is 0.463. The molecule has 0 spiro atoms. The van der Waals surface area contributed by atoms with E-state index >= 15 is 0 Å². The molecule has 0 unspecified atom stereocenters. The molecule has 13 nitrogen and oxygen atoms in total. The summed E-state index contributed by atoms with van der Waals surface area (Å²) < 4.78 is 12.9. The molecular weight excluding hydrogens is 1320 g/mol. The van der Waals surface area contributed by atoms with Crippen LogP contribution in [0.15, 0.2) is 337 Å². The van der Waals surface area contributed by atoms with Crippen molar-refractivity contribution in [3.05, 3.63) is 338 Å². The summed E-state index contributed by atoms with van der Waals surface area (Å²) in [6, 6.07) is 101. The SMILES string of the molecule is Clc1cc(Cl)c2oc3cccc(-c4nc(-c5ccccc5)nc(-c5ccccc5)n4)c3c2c1.OB(O)c1ccc(-c2ccccn2)cc1.c1ccc(-c2nc(-c3ccccc3)nc(-c3cccc4oc5c(-c6ccc(-c7ccccn7)cc6)cc(-c6ccc(-c7ccccn7)cc6)cc5c34)n2)cc1. The minimum Gasteiger partial charge on any atom is -0.455 e. The average molecular weight is 1370 g/mol. The van der Waals surface area contributed by atoms with Gasteiger partial charge in [0.2, 0.25) is 0 Å². The molecule has 0 amide bonds. The second kappa shape index (κ2) is 29.1. The van der Waals surface area contributed by atoms with Gasteiger partial charge in [-0.3, -0.25) is 15.0 Å². The van der Waals surface area contributed by atoms with E-state index in [-0.39, 0.29) is 0 Å². The first-order valence-corrected chi connectivity index (χ1v) is 33.9. The summed E-state index contributed by atoms with van der Waals surface area (Å²) in [5.41, 5.74) is 18.6. The maximum absolute atomic E-state index is 8.93. The van der Waals surface area contributed by atoms with Crippen LogP contribution in [0.3, 0.4) is 0 Å². The topological polar surface area (TPSA) is 183 Å². The third-order valence-electron chi connectivity index (χ3n) is 17.5. The van der Waals surface area contributed by atoms with Crippen molar-refractivity contribution in [1.29, 1.82) is 0 Å². The van der Waals surface area contributed by atoms with Crippen LogP contribution in [0.25, 0.3) is 168 Å². The molecule has 0 aliphatic carbocycles. The predicted octanol–water partition coefficient (Wildman–Crippen LogP) is 20.7. The van der Waals surface area contributed by atoms with Gasteiger partial charge in [-0.1, -0.05) is 260 Å². The van der Waals surface area contributed by atoms with E-state index in [0.717, 1.165) is 122 Å². The lowest BCUT2D eigenvalue weighted by atomic mass is 9.80. The Hall–Kier alpha value is -12.9. The standard InChI is InChI=1S/C49H31N5O.C27H15Cl2N3O.C11H10BNO2/c1-3-12-36(13-4-1)47-52-48(37-14-5-2-6-15-37)54-49(53-47)39-16-11-19-44-45(39)41-31-38(32-20-24-34(25-21-32)42-17-7-9-28-50-42)30-40(46(41)55-44)33-22-26-35(27-23-33)43-18-8-10-29-51-43;28-18-14-20-23-19(12-7-13-22(23)33-24(20)21(29)15-18)27-31-25(16-8-3-1-4-9-16)30-26(32-27)17-10-5-2-6-11-17;14-12(15)10-6-4-9(5-7-10)11-3-1-2-8-13-11/h1-31H;1-15H;1-8,14-15H. The monoisotopic (exact) mass is 1370 g/mol. The molecule has 490 valence electrons. The van der Waals surface area contributed by atoms with Crippen molar-refractivity contribution in [2.45, 2.75) is 0 Å². The van der Waals surface area contributed by atoms with Crippen molar-refractivity contribution in [2.75, 3.05) is 0 Å². The van der Waals surface area contributed by atoms with Crippen molar-refractivity contribution in [1.82, 2.24) is 44.9 Å². The highest BCUT2D eigenvalue weighted by Crippen LogP contribution is 2.45. The normalized spacial score (nSPS) is 11.1. The number of hydrogen-bond donors (Lipinski definition) is 2. The maximum Gasteiger partial charge on any atom is 0.488 e. The first-order chi connectivity index (χ1) is 50.7. The molecule has 18 aromatic rings. The molecule has 18 rings (SSSR count). The molecule has 2 N–H and O–H groups in total. The number of halogens is 2. The number of hydrogen-bond acceptors (Lipinski definition) is 13. The summed E-state index contributed by atoms with van der Waals surface area (Å²) in [5.74, 6) is 3.54. The number of furan rings is 2. The molecule has 0 aliphatic rings. The zero-order valence-corrected chi connectivity index (χ0v) is 56.3. The smallest absolute Gasteiger partial charge is 0.455 e. The lowest BCUT2D eigenvalue weighted by Crippen LogP contribution is -2.29. The van der Waals surface area contributed by atoms with Crippen LogP contribution >= 0.6 is 23.2 Å². The average Bonchev–Trinajstić information content (AvgIpc) is 1.65. The molecular formula is C87H56BCl2N9O4. The Balaban J connectivity index is 0.000000143. The number of benzene rings is 11. The second-order valence-corrected chi connectivity index (χ2v) is 24.9. The van der Waals surface area contributed by atoms with E-state index in [2.05, 4.69) is 81.7 Å². The van der Waals surface area contributed by atoms with Gasteiger partial charge >= 0.3 is 7.12 Å². The molecule has 0 bridgehead atoms. The molecule has 11 aromatic carbocycles. The molecule has 7 aromatic heterocycles. The predicted molar refractivity (Wildman–Crippen MR) is 414 cm³/mol. The fraction of sp³-hybridized carbons (Fsp3) is 0. The van der Waals surface area contributed by atoms with Crippen molar-refractivity contribution in [2.24, 2.45) is 0 Å². The summed E-state index contributed by atoms with van der Waals surface area (Å²) in [7, 11) is -1.41. The molecule has 0 atom stereocenters. The Morgan fingerprint density at radius 2 is 0.631 bits per heavy atom. The summed E-state index contributed by atoms with van der Waals surface area (Å²) in [4.78, 5) is 42.9. The highest BCUT2D eigenvalue weighted by molar-refractivity contribution is 6.58. The van der Waals surface area contributed by atoms with Gasteiger partial charge in [0.05, 0.1) is 22.1 Å². The van der Waals surface area contributed by atoms with Crippen molar-refractivity contribution in [3.8, 4) is 124 Å². The Bertz CT molecular complexity index is 5900. The van der Waals surface area contributed by atoms with E-state index in [4.69, 9.17) is 72.0 Å². The number of rotatable bonds is 12. The van der Waals surface area contributed by atoms with E-state index in [1.807, 2.05) is 237 Å². The van der Waals surface area contributed by atoms with Gasteiger partial charge < -0.3 is 18.9 Å². The number of nitrogens with zero attached hydrogens (tertiary/aromatic N) is 9. The minimum atomic E-state index is -1.41. The van der Waals surface area contributed by atoms with E-state index < -0.39 is 7.12 Å². The first-order valence-electron chi connectivity index (χ1n) is 33.1. The summed E-state index contributed by atoms with van der Waals surface area (Å²) in [5, 5.41) is 22.5. The molecule has 0 aliphatic heterocycles. The summed E-state index contributed by atoms with van der Waals surface area (Å²) >= 11 is 12.7. The molecule has 0 saturated carbocycles. The number of aromatic nitrogens is 9. The maximum atomic E-state index is 8.93. The lowest BCUT2D eigenvalue weighted by molar-refractivity contribution is 0.426. The van der Waals surface area contributed by atoms with Gasteiger partial charge in [-0.25, -0.2) is 29.9 Å². The van der Waals surface area contributed by atoms with Crippen LogP contribution in [-0.4, -0.2) is 62.0 Å². The van der Waals surface area contributed by atoms with E-state index in [0.29, 0.717) is 61.6 Å². The van der Waals surface area contributed by atoms with Gasteiger partial charge in [0.15, 0.2) is 40.5 Å². The Morgan fingerprint density at radius 1 is 0.272 bits per heavy atom. The van der Waals surface area contributed by atoms with Gasteiger partial charge in [-0.05, 0) is 94.9 Å². The van der Waals surface area contributed by atoms with Gasteiger partial charge in [0.1, 0.15) is 16.7 Å². The molecule has 0 fully saturated rings. The van der Waals surface area contributed by atoms with Crippen molar-refractivity contribution < 1.29 is 18.9 Å². The van der Waals surface area contributed by atoms with Crippen LogP contribution in [0.5, 0.6) is 0 Å². The fourth-order valence-electron chi connectivity index (χ4n) is 12.5. The van der Waals surface area contributed by atoms with Crippen molar-refractivity contribution >= 4 is 79.7 Å². The van der Waals surface area contributed by atoms with Gasteiger partial charge in [-0.2, -0.15) is 0 Å². The van der Waals surface area contributed by atoms with Crippen LogP contribution in [0.1, 0.15) is 0 Å². The van der Waals surface area contributed by atoms with E-state index in [1.54, 1.807) is 24.4 Å². The van der Waals surface area contributed by atoms with Gasteiger partial charge in [0.25, 0.3) is 0 Å². The number of pyridine rings is 3. The zero-order valence-electron chi connectivity index (χ0n) is 54.7. The third-order valence-corrected chi connectivity index (χ3v) is 18.0. The van der Waals surface area contributed by atoms with Crippen LogP contribution in [0, 0.1) is 0 Å². The van der Waals surface area contributed by atoms with Crippen LogP contribution in [0.4, 0.5) is 0 Å². The third kappa shape index (κ3) is 13.8. The van der Waals surface area contributed by atoms with Crippen LogP contribution < -0.4 is 5.46 Å². The largest absolute Gasteiger partial charge is 0.488 e. The summed E-state index contributed by atoms with van der Waals surface area (Å²) in [6.07, 6.45) is 5.37. The second-order valence-electron chi connectivity index (χ2n) is 24.1. The molecule has 0 saturated heterocycles. The van der Waals surface area contributed by atoms with Crippen LogP contribution in [0.2, 0.25) is 10.0 Å². The highest BCUT2D eigenvalue weighted by Gasteiger charge is 2.23. The number of fused-ring (bicyclic) bond motifs is 6. The molecule has 103 heavy (non-hydrogen) atoms. The molecule has 7 heterocycles. The Labute approximate surface area is 602 Å². The highest BCUT2D eigenvalue weighted by atomic mass is 35.5. The quantitative estimate of drug-likeness (QED) is 0.110. The van der Waals surface area contributed by atoms with Gasteiger partial charge in [-0.15, -0.1) is 0 Å². The molecule has 16 heteroatoms. The zero-order chi connectivity index (χ0) is 69.6. The van der Waals surface area contributed by atoms with E-state index in [9.17, 15) is 0 Å². The summed E-state index contributed by atoms with van der Waals surface area (Å²) in [6.45, 7) is 0. The van der Waals surface area contributed by atoms with E-state index in [1.165, 1.54) is 0 Å². The lowest BCUT2D eigenvalue weighted by Gasteiger charge is -2.11. The molecule has 0 radical (unpaired) electrons. The van der Waals surface area contributed by atoms with Gasteiger partial charge in [0, 0.05) is 101 Å². The van der Waals surface area contributed by atoms with Crippen LogP contribution in [-0.2, 0) is 0 Å². The van der Waals surface area contributed by atoms with Crippen molar-refractivity contribution in [3.63, 3.8) is 0 Å². The Morgan fingerprint density at radius 3 is 1.03 bits per heavy atom. The Kier molecular flexibility index (Phi) is 18.3.